The van der Waals surface area contributed by atoms with Crippen molar-refractivity contribution >= 4 is 0 Å². The molecule has 2 heteroatoms. The van der Waals surface area contributed by atoms with Crippen molar-refractivity contribution in [2.75, 3.05) is 0 Å². The zero-order valence-corrected chi connectivity index (χ0v) is 10.5. The first-order valence-corrected chi connectivity index (χ1v) is 5.23. The molecule has 0 saturated heterocycles. The third-order valence-corrected chi connectivity index (χ3v) is 0.834. The van der Waals surface area contributed by atoms with Crippen molar-refractivity contribution in [1.29, 1.82) is 0 Å². The molecule has 0 radical (unpaired) electrons. The fourth-order valence-electron chi connectivity index (χ4n) is 0.544. The molecule has 0 amide bonds. The van der Waals surface area contributed by atoms with Crippen molar-refractivity contribution in [3.8, 4) is 0 Å². The molecular weight excluding hydrogens is 160 g/mol. The van der Waals surface area contributed by atoms with Gasteiger partial charge in [0.05, 0.1) is 12.0 Å². The minimum atomic E-state index is 1.07. The molecule has 1 aromatic rings. The monoisotopic (exact) mass is 186 g/mol. The number of nitrogens with zero attached hydrogens (tertiary/aromatic N) is 2. The first-order chi connectivity index (χ1) is 6.29. The molecule has 0 unspecified atom stereocenters. The maximum atomic E-state index is 3.98. The zero-order chi connectivity index (χ0) is 11.3. The van der Waals surface area contributed by atoms with Gasteiger partial charge in [0.2, 0.25) is 0 Å². The molecule has 0 aliphatic rings. The van der Waals surface area contributed by atoms with E-state index in [0.29, 0.717) is 0 Å². The Morgan fingerprint density at radius 1 is 1.00 bits per heavy atom. The second-order valence-corrected chi connectivity index (χ2v) is 1.68. The summed E-state index contributed by atoms with van der Waals surface area (Å²) in [5, 5.41) is 0. The van der Waals surface area contributed by atoms with Crippen molar-refractivity contribution in [2.24, 2.45) is 7.05 Å². The predicted octanol–water partition coefficient (Wildman–Crippen LogP) is 3.81. The summed E-state index contributed by atoms with van der Waals surface area (Å²) in [6.07, 6.45) is 3.76. The summed E-state index contributed by atoms with van der Waals surface area (Å²) in [5.74, 6) is 0. The van der Waals surface area contributed by atoms with Gasteiger partial charge in [-0.2, -0.15) is 0 Å². The van der Waals surface area contributed by atoms with E-state index >= 15 is 0 Å². The van der Waals surface area contributed by atoms with Crippen LogP contribution < -0.4 is 0 Å². The van der Waals surface area contributed by atoms with Crippen molar-refractivity contribution in [2.45, 2.75) is 48.5 Å². The summed E-state index contributed by atoms with van der Waals surface area (Å²) in [6.45, 7) is 14.0. The third-order valence-electron chi connectivity index (χ3n) is 0.834. The lowest BCUT2D eigenvalue weighted by Crippen LogP contribution is -1.76. The average molecular weight is 186 g/mol. The summed E-state index contributed by atoms with van der Waals surface area (Å²) in [7, 11) is 1.96. The molecule has 1 aromatic heterocycles. The molecule has 0 fully saturated rings. The average Bonchev–Trinajstić information content (AvgIpc) is 2.60. The number of hydrogen-bond acceptors (Lipinski definition) is 1. The largest absolute Gasteiger partial charge is 0.340 e. The second kappa shape index (κ2) is 17.3. The minimum absolute atomic E-state index is 1.07. The lowest BCUT2D eigenvalue weighted by Gasteiger charge is -1.78. The van der Waals surface area contributed by atoms with Crippen LogP contribution in [0.15, 0.2) is 12.5 Å². The van der Waals surface area contributed by atoms with Crippen LogP contribution in [0.1, 0.15) is 47.2 Å². The number of aryl methyl sites for hydroxylation is 2. The topological polar surface area (TPSA) is 17.8 Å². The van der Waals surface area contributed by atoms with E-state index in [9.17, 15) is 0 Å². The number of rotatable bonds is 0. The van der Waals surface area contributed by atoms with Crippen molar-refractivity contribution in [3.05, 3.63) is 18.2 Å². The Balaban J connectivity index is -0.000000144. The molecular formula is C11H26N2. The Kier molecular flexibility index (Phi) is 24.1. The molecule has 80 valence electrons. The Bertz CT molecular complexity index is 140. The van der Waals surface area contributed by atoms with Crippen LogP contribution in [0, 0.1) is 6.92 Å². The van der Waals surface area contributed by atoms with Crippen LogP contribution in [0.3, 0.4) is 0 Å². The Morgan fingerprint density at radius 2 is 1.38 bits per heavy atom. The van der Waals surface area contributed by atoms with Crippen LogP contribution in [0.2, 0.25) is 0 Å². The van der Waals surface area contributed by atoms with Crippen LogP contribution in [-0.2, 0) is 7.05 Å². The molecule has 13 heavy (non-hydrogen) atoms. The minimum Gasteiger partial charge on any atom is -0.340 e. The van der Waals surface area contributed by atoms with E-state index in [1.165, 1.54) is 0 Å². The SMILES string of the molecule is CC.CC.CC.Cc1cn(C)cn1. The highest BCUT2D eigenvalue weighted by Gasteiger charge is 1.81. The number of imidazole rings is 1. The molecule has 0 saturated carbocycles. The van der Waals surface area contributed by atoms with E-state index in [2.05, 4.69) is 4.98 Å². The maximum Gasteiger partial charge on any atom is 0.0946 e. The van der Waals surface area contributed by atoms with Crippen molar-refractivity contribution < 1.29 is 0 Å². The molecule has 0 aliphatic carbocycles. The first-order valence-electron chi connectivity index (χ1n) is 5.23. The van der Waals surface area contributed by atoms with Crippen molar-refractivity contribution in [3.63, 3.8) is 0 Å². The van der Waals surface area contributed by atoms with E-state index in [-0.39, 0.29) is 0 Å². The van der Waals surface area contributed by atoms with Gasteiger partial charge < -0.3 is 4.57 Å². The molecule has 0 aliphatic heterocycles. The molecule has 0 atom stereocenters. The van der Waals surface area contributed by atoms with Gasteiger partial charge in [-0.3, -0.25) is 0 Å². The summed E-state index contributed by atoms with van der Waals surface area (Å²) in [6, 6.07) is 0. The Morgan fingerprint density at radius 3 is 1.46 bits per heavy atom. The maximum absolute atomic E-state index is 3.98. The lowest BCUT2D eigenvalue weighted by molar-refractivity contribution is 0.913. The summed E-state index contributed by atoms with van der Waals surface area (Å²) in [4.78, 5) is 3.98. The van der Waals surface area contributed by atoms with Crippen LogP contribution in [0.5, 0.6) is 0 Å². The normalized spacial score (nSPS) is 6.46. The third kappa shape index (κ3) is 14.1. The molecule has 0 spiro atoms. The number of hydrogen-bond donors (Lipinski definition) is 0. The molecule has 0 aromatic carbocycles. The highest BCUT2D eigenvalue weighted by molar-refractivity contribution is 4.90. The molecule has 1 rings (SSSR count). The van der Waals surface area contributed by atoms with Gasteiger partial charge in [0, 0.05) is 13.2 Å². The van der Waals surface area contributed by atoms with Gasteiger partial charge >= 0.3 is 0 Å². The summed E-state index contributed by atoms with van der Waals surface area (Å²) < 4.78 is 1.93. The van der Waals surface area contributed by atoms with Crippen LogP contribution in [0.4, 0.5) is 0 Å². The fourth-order valence-corrected chi connectivity index (χ4v) is 0.544. The van der Waals surface area contributed by atoms with Crippen molar-refractivity contribution in [1.82, 2.24) is 9.55 Å². The van der Waals surface area contributed by atoms with E-state index in [0.717, 1.165) is 5.69 Å². The Labute approximate surface area is 84.0 Å². The molecule has 2 nitrogen and oxygen atoms in total. The molecule has 0 N–H and O–H groups in total. The van der Waals surface area contributed by atoms with E-state index in [1.807, 2.05) is 66.3 Å². The molecule has 0 bridgehead atoms. The fraction of sp³-hybridized carbons (Fsp3) is 0.727. The van der Waals surface area contributed by atoms with Gasteiger partial charge in [0.15, 0.2) is 0 Å². The van der Waals surface area contributed by atoms with Gasteiger partial charge in [-0.25, -0.2) is 4.98 Å². The Hall–Kier alpha value is -0.790. The van der Waals surface area contributed by atoms with Gasteiger partial charge in [-0.15, -0.1) is 0 Å². The van der Waals surface area contributed by atoms with Gasteiger partial charge in [0.25, 0.3) is 0 Å². The van der Waals surface area contributed by atoms with Gasteiger partial charge in [0.1, 0.15) is 0 Å². The predicted molar refractivity (Wildman–Crippen MR) is 62.0 cm³/mol. The van der Waals surface area contributed by atoms with E-state index in [4.69, 9.17) is 0 Å². The summed E-state index contributed by atoms with van der Waals surface area (Å²) >= 11 is 0. The second-order valence-electron chi connectivity index (χ2n) is 1.68. The quantitative estimate of drug-likeness (QED) is 0.602. The van der Waals surface area contributed by atoms with Crippen LogP contribution in [0.25, 0.3) is 0 Å². The van der Waals surface area contributed by atoms with E-state index < -0.39 is 0 Å². The smallest absolute Gasteiger partial charge is 0.0946 e. The van der Waals surface area contributed by atoms with Crippen LogP contribution >= 0.6 is 0 Å². The van der Waals surface area contributed by atoms with Gasteiger partial charge in [-0.05, 0) is 6.92 Å². The number of aromatic nitrogens is 2. The summed E-state index contributed by atoms with van der Waals surface area (Å²) in [5.41, 5.74) is 1.07. The van der Waals surface area contributed by atoms with Gasteiger partial charge in [-0.1, -0.05) is 41.5 Å². The lowest BCUT2D eigenvalue weighted by atomic mass is 10.6. The highest BCUT2D eigenvalue weighted by Crippen LogP contribution is 1.86. The van der Waals surface area contributed by atoms with Crippen LogP contribution in [-0.4, -0.2) is 9.55 Å². The van der Waals surface area contributed by atoms with E-state index in [1.54, 1.807) is 6.33 Å². The standard InChI is InChI=1S/C5H8N2.3C2H6/c1-5-3-7(2)4-6-5;3*1-2/h3-4H,1-2H3;3*1-2H3. The first kappa shape index (κ1) is 18.1. The zero-order valence-electron chi connectivity index (χ0n) is 10.5. The molecule has 1 heterocycles. The highest BCUT2D eigenvalue weighted by atomic mass is 15.0.